The Bertz CT molecular complexity index is 1050. The van der Waals surface area contributed by atoms with Crippen LogP contribution in [0.5, 0.6) is 0 Å². The minimum absolute atomic E-state index is 0.109. The maximum atomic E-state index is 12.7. The standard InChI is InChI=1S/C17H18ClNO4S2/c1-11-3-5-14(9-12(11)2)25(22,23)19-16-7-8-24(20,21)17-6-4-13(18)10-15(16)17/h3-6,9-10,16,19H,7-8H2,1-2H3/t16-/m0/s1. The van der Waals surface area contributed by atoms with Crippen molar-refractivity contribution < 1.29 is 16.8 Å². The van der Waals surface area contributed by atoms with Crippen LogP contribution < -0.4 is 4.72 Å². The lowest BCUT2D eigenvalue weighted by atomic mass is 10.1. The highest BCUT2D eigenvalue weighted by Gasteiger charge is 2.33. The third-order valence-corrected chi connectivity index (χ3v) is 7.96. The topological polar surface area (TPSA) is 80.3 Å². The van der Waals surface area contributed by atoms with Gasteiger partial charge in [-0.3, -0.25) is 0 Å². The molecule has 1 heterocycles. The average Bonchev–Trinajstić information content (AvgIpc) is 2.52. The van der Waals surface area contributed by atoms with Crippen LogP contribution in [0.2, 0.25) is 5.02 Å². The van der Waals surface area contributed by atoms with E-state index in [0.29, 0.717) is 10.6 Å². The fourth-order valence-corrected chi connectivity index (χ4v) is 5.99. The van der Waals surface area contributed by atoms with Crippen molar-refractivity contribution in [1.29, 1.82) is 0 Å². The van der Waals surface area contributed by atoms with E-state index in [1.807, 2.05) is 13.8 Å². The molecule has 8 heteroatoms. The number of hydrogen-bond acceptors (Lipinski definition) is 4. The number of benzene rings is 2. The smallest absolute Gasteiger partial charge is 0.224 e. The van der Waals surface area contributed by atoms with Crippen LogP contribution in [0.3, 0.4) is 0 Å². The molecule has 0 fully saturated rings. The molecule has 1 aliphatic rings. The van der Waals surface area contributed by atoms with Crippen LogP contribution in [-0.2, 0) is 19.9 Å². The molecule has 1 aliphatic heterocycles. The molecule has 0 saturated heterocycles. The van der Waals surface area contributed by atoms with Gasteiger partial charge in [-0.15, -0.1) is 0 Å². The van der Waals surface area contributed by atoms with Gasteiger partial charge in [-0.2, -0.15) is 0 Å². The Balaban J connectivity index is 2.01. The van der Waals surface area contributed by atoms with Crippen molar-refractivity contribution in [3.05, 3.63) is 58.1 Å². The molecule has 1 N–H and O–H groups in total. The zero-order valence-electron chi connectivity index (χ0n) is 13.8. The normalized spacial score (nSPS) is 19.4. The Kier molecular flexibility index (Phi) is 4.70. The minimum atomic E-state index is -3.78. The summed E-state index contributed by atoms with van der Waals surface area (Å²) >= 11 is 5.99. The number of sulfone groups is 1. The summed E-state index contributed by atoms with van der Waals surface area (Å²) in [4.78, 5) is 0.295. The maximum Gasteiger partial charge on any atom is 0.241 e. The second kappa shape index (κ2) is 6.39. The van der Waals surface area contributed by atoms with Gasteiger partial charge in [0.15, 0.2) is 9.84 Å². The summed E-state index contributed by atoms with van der Waals surface area (Å²) in [6.07, 6.45) is 0.166. The highest BCUT2D eigenvalue weighted by atomic mass is 35.5. The third-order valence-electron chi connectivity index (χ3n) is 4.44. The largest absolute Gasteiger partial charge is 0.241 e. The van der Waals surface area contributed by atoms with Crippen molar-refractivity contribution in [1.82, 2.24) is 4.72 Å². The monoisotopic (exact) mass is 399 g/mol. The van der Waals surface area contributed by atoms with Crippen LogP contribution in [0.4, 0.5) is 0 Å². The van der Waals surface area contributed by atoms with E-state index in [0.717, 1.165) is 11.1 Å². The van der Waals surface area contributed by atoms with Crippen molar-refractivity contribution in [2.45, 2.75) is 36.1 Å². The third kappa shape index (κ3) is 3.60. The molecule has 3 rings (SSSR count). The molecular weight excluding hydrogens is 382 g/mol. The lowest BCUT2D eigenvalue weighted by Crippen LogP contribution is -2.34. The van der Waals surface area contributed by atoms with E-state index in [1.165, 1.54) is 18.2 Å². The molecule has 0 aromatic heterocycles. The van der Waals surface area contributed by atoms with Gasteiger partial charge in [0.2, 0.25) is 10.0 Å². The van der Waals surface area contributed by atoms with Crippen molar-refractivity contribution in [3.8, 4) is 0 Å². The zero-order valence-corrected chi connectivity index (χ0v) is 16.2. The molecule has 0 saturated carbocycles. The van der Waals surface area contributed by atoms with E-state index in [2.05, 4.69) is 4.72 Å². The summed E-state index contributed by atoms with van der Waals surface area (Å²) in [5.41, 5.74) is 2.27. The predicted molar refractivity (Wildman–Crippen MR) is 97.1 cm³/mol. The molecule has 1 atom stereocenters. The summed E-state index contributed by atoms with van der Waals surface area (Å²) in [5, 5.41) is 0.367. The second-order valence-corrected chi connectivity index (χ2v) is 10.4. The number of hydrogen-bond donors (Lipinski definition) is 1. The second-order valence-electron chi connectivity index (χ2n) is 6.21. The molecule has 0 amide bonds. The van der Waals surface area contributed by atoms with Gasteiger partial charge >= 0.3 is 0 Å². The number of rotatable bonds is 3. The molecule has 5 nitrogen and oxygen atoms in total. The Morgan fingerprint density at radius 1 is 1.08 bits per heavy atom. The summed E-state index contributed by atoms with van der Waals surface area (Å²) in [7, 11) is -7.20. The van der Waals surface area contributed by atoms with Crippen molar-refractivity contribution >= 4 is 31.5 Å². The molecular formula is C17H18ClNO4S2. The Morgan fingerprint density at radius 3 is 2.48 bits per heavy atom. The first-order valence-electron chi connectivity index (χ1n) is 7.72. The van der Waals surface area contributed by atoms with Gasteiger partial charge in [0, 0.05) is 11.1 Å². The fraction of sp³-hybridized carbons (Fsp3) is 0.294. The van der Waals surface area contributed by atoms with Crippen molar-refractivity contribution in [3.63, 3.8) is 0 Å². The molecule has 0 unspecified atom stereocenters. The molecule has 2 aromatic carbocycles. The van der Waals surface area contributed by atoms with Gasteiger partial charge in [-0.05, 0) is 67.3 Å². The first kappa shape index (κ1) is 18.4. The lowest BCUT2D eigenvalue weighted by Gasteiger charge is -2.26. The van der Waals surface area contributed by atoms with Gasteiger partial charge < -0.3 is 0 Å². The Labute approximate surface area is 153 Å². The summed E-state index contributed by atoms with van der Waals surface area (Å²) in [6.45, 7) is 3.75. The van der Waals surface area contributed by atoms with Crippen LogP contribution >= 0.6 is 11.6 Å². The summed E-state index contributed by atoms with van der Waals surface area (Å²) in [5.74, 6) is -0.109. The molecule has 0 bridgehead atoms. The van der Waals surface area contributed by atoms with E-state index in [-0.39, 0.29) is 22.0 Å². The molecule has 25 heavy (non-hydrogen) atoms. The Hall–Kier alpha value is -1.41. The Morgan fingerprint density at radius 2 is 1.80 bits per heavy atom. The van der Waals surface area contributed by atoms with Gasteiger partial charge in [-0.25, -0.2) is 21.6 Å². The van der Waals surface area contributed by atoms with Crippen molar-refractivity contribution in [2.75, 3.05) is 5.75 Å². The number of sulfonamides is 1. The quantitative estimate of drug-likeness (QED) is 0.859. The lowest BCUT2D eigenvalue weighted by molar-refractivity contribution is 0.528. The molecule has 2 aromatic rings. The van der Waals surface area contributed by atoms with E-state index >= 15 is 0 Å². The van der Waals surface area contributed by atoms with E-state index in [1.54, 1.807) is 18.2 Å². The van der Waals surface area contributed by atoms with Crippen LogP contribution in [0.1, 0.15) is 29.2 Å². The first-order chi connectivity index (χ1) is 11.6. The van der Waals surface area contributed by atoms with Crippen LogP contribution in [0.25, 0.3) is 0 Å². The molecule has 134 valence electrons. The zero-order chi connectivity index (χ0) is 18.4. The van der Waals surface area contributed by atoms with Crippen LogP contribution in [-0.4, -0.2) is 22.6 Å². The summed E-state index contributed by atoms with van der Waals surface area (Å²) in [6, 6.07) is 8.71. The number of nitrogens with one attached hydrogen (secondary N) is 1. The average molecular weight is 400 g/mol. The molecule has 0 aliphatic carbocycles. The van der Waals surface area contributed by atoms with Gasteiger partial charge in [0.25, 0.3) is 0 Å². The van der Waals surface area contributed by atoms with Crippen LogP contribution in [0.15, 0.2) is 46.2 Å². The number of aryl methyl sites for hydroxylation is 2. The maximum absolute atomic E-state index is 12.7. The van der Waals surface area contributed by atoms with Gasteiger partial charge in [-0.1, -0.05) is 17.7 Å². The van der Waals surface area contributed by atoms with Crippen molar-refractivity contribution in [2.24, 2.45) is 0 Å². The molecule has 0 radical (unpaired) electrons. The number of fused-ring (bicyclic) bond motifs is 1. The minimum Gasteiger partial charge on any atom is -0.224 e. The van der Waals surface area contributed by atoms with Crippen LogP contribution in [0, 0.1) is 13.8 Å². The van der Waals surface area contributed by atoms with E-state index < -0.39 is 25.9 Å². The predicted octanol–water partition coefficient (Wildman–Crippen LogP) is 3.15. The fourth-order valence-electron chi connectivity index (χ4n) is 2.87. The molecule has 0 spiro atoms. The number of halogens is 1. The SMILES string of the molecule is Cc1ccc(S(=O)(=O)N[C@H]2CCS(=O)(=O)c3ccc(Cl)cc32)cc1C. The summed E-state index contributed by atoms with van der Waals surface area (Å²) < 4.78 is 52.5. The van der Waals surface area contributed by atoms with Gasteiger partial charge in [0.1, 0.15) is 0 Å². The van der Waals surface area contributed by atoms with Gasteiger partial charge in [0.05, 0.1) is 15.5 Å². The van der Waals surface area contributed by atoms with E-state index in [4.69, 9.17) is 11.6 Å². The first-order valence-corrected chi connectivity index (χ1v) is 11.2. The van der Waals surface area contributed by atoms with E-state index in [9.17, 15) is 16.8 Å². The highest BCUT2D eigenvalue weighted by molar-refractivity contribution is 7.91. The highest BCUT2D eigenvalue weighted by Crippen LogP contribution is 2.35.